The van der Waals surface area contributed by atoms with Crippen molar-refractivity contribution in [2.75, 3.05) is 27.3 Å². The highest BCUT2D eigenvalue weighted by atomic mass is 35.5. The molecule has 0 fully saturated rings. The average Bonchev–Trinajstić information content (AvgIpc) is 3.18. The number of carbonyl (C=O) groups excluding carboxylic acids is 1. The molecule has 6 nitrogen and oxygen atoms in total. The van der Waals surface area contributed by atoms with E-state index in [0.29, 0.717) is 29.4 Å². The Kier molecular flexibility index (Phi) is 5.98. The summed E-state index contributed by atoms with van der Waals surface area (Å²) in [6, 6.07) is 14.6. The number of ether oxygens (including phenoxy) is 2. The fraction of sp³-hybridized carbons (Fsp3) is 0.200. The maximum atomic E-state index is 12.8. The zero-order valence-electron chi connectivity index (χ0n) is 15.1. The zero-order chi connectivity index (χ0) is 19.2. The van der Waals surface area contributed by atoms with Crippen LogP contribution in [0.25, 0.3) is 11.3 Å². The van der Waals surface area contributed by atoms with Crippen molar-refractivity contribution < 1.29 is 14.3 Å². The summed E-state index contributed by atoms with van der Waals surface area (Å²) in [6.07, 6.45) is 1.53. The van der Waals surface area contributed by atoms with E-state index in [-0.39, 0.29) is 5.91 Å². The number of H-pyrrole nitrogens is 1. The van der Waals surface area contributed by atoms with E-state index in [1.54, 1.807) is 31.2 Å². The van der Waals surface area contributed by atoms with E-state index in [4.69, 9.17) is 21.1 Å². The monoisotopic (exact) mass is 385 g/mol. The molecule has 0 unspecified atom stereocenters. The molecule has 0 aliphatic rings. The van der Waals surface area contributed by atoms with Crippen LogP contribution in [0.4, 0.5) is 0 Å². The molecule has 27 heavy (non-hydrogen) atoms. The van der Waals surface area contributed by atoms with Crippen LogP contribution in [0.3, 0.4) is 0 Å². The number of benzene rings is 2. The molecule has 0 bridgehead atoms. The molecular weight excluding hydrogens is 366 g/mol. The minimum atomic E-state index is -0.132. The average molecular weight is 386 g/mol. The van der Waals surface area contributed by atoms with E-state index in [1.807, 2.05) is 36.4 Å². The molecule has 7 heteroatoms. The summed E-state index contributed by atoms with van der Waals surface area (Å²) in [7, 11) is 3.35. The van der Waals surface area contributed by atoms with Crippen LogP contribution < -0.4 is 9.47 Å². The normalized spacial score (nSPS) is 10.5. The van der Waals surface area contributed by atoms with E-state index in [2.05, 4.69) is 10.2 Å². The zero-order valence-corrected chi connectivity index (χ0v) is 15.9. The number of carbonyl (C=O) groups is 1. The molecule has 0 aliphatic heterocycles. The third-order valence-electron chi connectivity index (χ3n) is 4.10. The highest BCUT2D eigenvalue weighted by Crippen LogP contribution is 2.24. The number of hydrogen-bond acceptors (Lipinski definition) is 4. The van der Waals surface area contributed by atoms with Crippen molar-refractivity contribution in [3.05, 3.63) is 65.3 Å². The van der Waals surface area contributed by atoms with Crippen LogP contribution in [0.5, 0.6) is 11.5 Å². The Labute approximate surface area is 162 Å². The number of amides is 1. The first-order valence-electron chi connectivity index (χ1n) is 8.40. The Morgan fingerprint density at radius 2 is 1.78 bits per heavy atom. The highest BCUT2D eigenvalue weighted by molar-refractivity contribution is 6.30. The van der Waals surface area contributed by atoms with Crippen LogP contribution in [0.1, 0.15) is 10.4 Å². The molecular formula is C20H20ClN3O3. The number of aromatic amines is 1. The lowest BCUT2D eigenvalue weighted by molar-refractivity contribution is 0.0774. The molecule has 3 rings (SSSR count). The molecule has 1 heterocycles. The Morgan fingerprint density at radius 3 is 2.44 bits per heavy atom. The highest BCUT2D eigenvalue weighted by Gasteiger charge is 2.19. The van der Waals surface area contributed by atoms with Crippen LogP contribution in [0, 0.1) is 0 Å². The van der Waals surface area contributed by atoms with Gasteiger partial charge >= 0.3 is 0 Å². The van der Waals surface area contributed by atoms with Crippen LogP contribution in [0.2, 0.25) is 5.02 Å². The minimum absolute atomic E-state index is 0.132. The van der Waals surface area contributed by atoms with E-state index in [1.165, 1.54) is 6.20 Å². The summed E-state index contributed by atoms with van der Waals surface area (Å²) in [5.74, 6) is 1.36. The molecule has 0 spiro atoms. The summed E-state index contributed by atoms with van der Waals surface area (Å²) < 4.78 is 10.8. The number of likely N-dealkylation sites (N-methyl/N-ethyl adjacent to an activating group) is 1. The first kappa shape index (κ1) is 18.8. The molecule has 3 aromatic rings. The van der Waals surface area contributed by atoms with Gasteiger partial charge in [-0.3, -0.25) is 9.89 Å². The Balaban J connectivity index is 1.60. The maximum Gasteiger partial charge on any atom is 0.257 e. The van der Waals surface area contributed by atoms with Crippen LogP contribution >= 0.6 is 11.6 Å². The third kappa shape index (κ3) is 4.60. The predicted octanol–water partition coefficient (Wildman–Crippen LogP) is 3.89. The van der Waals surface area contributed by atoms with Crippen molar-refractivity contribution in [1.82, 2.24) is 15.1 Å². The van der Waals surface area contributed by atoms with Crippen molar-refractivity contribution in [3.63, 3.8) is 0 Å². The maximum absolute atomic E-state index is 12.8. The summed E-state index contributed by atoms with van der Waals surface area (Å²) in [5, 5.41) is 7.54. The van der Waals surface area contributed by atoms with E-state index in [9.17, 15) is 4.79 Å². The van der Waals surface area contributed by atoms with Gasteiger partial charge < -0.3 is 14.4 Å². The van der Waals surface area contributed by atoms with Crippen LogP contribution in [-0.2, 0) is 0 Å². The molecule has 2 aromatic carbocycles. The SMILES string of the molecule is COc1ccc(OCCN(C)C(=O)c2cn[nH]c2-c2ccc(Cl)cc2)cc1. The lowest BCUT2D eigenvalue weighted by atomic mass is 10.1. The Morgan fingerprint density at radius 1 is 1.11 bits per heavy atom. The number of aromatic nitrogens is 2. The van der Waals surface area contributed by atoms with Crippen molar-refractivity contribution in [1.29, 1.82) is 0 Å². The second-order valence-corrected chi connectivity index (χ2v) is 6.35. The van der Waals surface area contributed by atoms with Crippen molar-refractivity contribution in [3.8, 4) is 22.8 Å². The van der Waals surface area contributed by atoms with Crippen LogP contribution in [0.15, 0.2) is 54.7 Å². The molecule has 0 saturated carbocycles. The minimum Gasteiger partial charge on any atom is -0.497 e. The van der Waals surface area contributed by atoms with Gasteiger partial charge in [0.1, 0.15) is 18.1 Å². The Hall–Kier alpha value is -2.99. The van der Waals surface area contributed by atoms with E-state index < -0.39 is 0 Å². The smallest absolute Gasteiger partial charge is 0.257 e. The molecule has 1 N–H and O–H groups in total. The largest absolute Gasteiger partial charge is 0.497 e. The van der Waals surface area contributed by atoms with Gasteiger partial charge in [-0.15, -0.1) is 0 Å². The molecule has 0 radical (unpaired) electrons. The molecule has 0 saturated heterocycles. The molecule has 0 aliphatic carbocycles. The fourth-order valence-electron chi connectivity index (χ4n) is 2.56. The van der Waals surface area contributed by atoms with Gasteiger partial charge in [0.25, 0.3) is 5.91 Å². The van der Waals surface area contributed by atoms with E-state index >= 15 is 0 Å². The number of hydrogen-bond donors (Lipinski definition) is 1. The second-order valence-electron chi connectivity index (χ2n) is 5.92. The fourth-order valence-corrected chi connectivity index (χ4v) is 2.69. The van der Waals surface area contributed by atoms with Gasteiger partial charge in [-0.2, -0.15) is 5.10 Å². The number of rotatable bonds is 7. The number of halogens is 1. The summed E-state index contributed by atoms with van der Waals surface area (Å²) in [6.45, 7) is 0.818. The van der Waals surface area contributed by atoms with Gasteiger partial charge in [-0.25, -0.2) is 0 Å². The van der Waals surface area contributed by atoms with E-state index in [0.717, 1.165) is 17.1 Å². The number of nitrogens with one attached hydrogen (secondary N) is 1. The number of methoxy groups -OCH3 is 1. The summed E-state index contributed by atoms with van der Waals surface area (Å²) >= 11 is 5.93. The standard InChI is InChI=1S/C20H20ClN3O3/c1-24(11-12-27-17-9-7-16(26-2)8-10-17)20(25)18-13-22-23-19(18)14-3-5-15(21)6-4-14/h3-10,13H,11-12H2,1-2H3,(H,22,23). The van der Waals surface area contributed by atoms with Crippen molar-refractivity contribution in [2.45, 2.75) is 0 Å². The topological polar surface area (TPSA) is 67.5 Å². The third-order valence-corrected chi connectivity index (χ3v) is 4.36. The van der Waals surface area contributed by atoms with Gasteiger partial charge in [-0.05, 0) is 36.4 Å². The van der Waals surface area contributed by atoms with Crippen LogP contribution in [-0.4, -0.2) is 48.3 Å². The summed E-state index contributed by atoms with van der Waals surface area (Å²) in [4.78, 5) is 14.4. The summed E-state index contributed by atoms with van der Waals surface area (Å²) in [5.41, 5.74) is 2.02. The first-order chi connectivity index (χ1) is 13.1. The lowest BCUT2D eigenvalue weighted by Gasteiger charge is -2.17. The van der Waals surface area contributed by atoms with Gasteiger partial charge in [-0.1, -0.05) is 23.7 Å². The van der Waals surface area contributed by atoms with Gasteiger partial charge in [0, 0.05) is 17.6 Å². The number of nitrogens with zero attached hydrogens (tertiary/aromatic N) is 2. The Bertz CT molecular complexity index is 892. The van der Waals surface area contributed by atoms with Gasteiger partial charge in [0.2, 0.25) is 0 Å². The molecule has 1 aromatic heterocycles. The first-order valence-corrected chi connectivity index (χ1v) is 8.78. The predicted molar refractivity (Wildman–Crippen MR) is 104 cm³/mol. The second kappa shape index (κ2) is 8.60. The quantitative estimate of drug-likeness (QED) is 0.670. The molecule has 140 valence electrons. The van der Waals surface area contributed by atoms with Gasteiger partial charge in [0.15, 0.2) is 0 Å². The van der Waals surface area contributed by atoms with Crippen molar-refractivity contribution >= 4 is 17.5 Å². The van der Waals surface area contributed by atoms with Crippen molar-refractivity contribution in [2.24, 2.45) is 0 Å². The molecule has 0 atom stereocenters. The van der Waals surface area contributed by atoms with Gasteiger partial charge in [0.05, 0.1) is 31.1 Å². The lowest BCUT2D eigenvalue weighted by Crippen LogP contribution is -2.31. The molecule has 1 amide bonds.